The predicted molar refractivity (Wildman–Crippen MR) is 220 cm³/mol. The number of aromatic amines is 2. The van der Waals surface area contributed by atoms with Gasteiger partial charge in [-0.25, -0.2) is 24.5 Å². The van der Waals surface area contributed by atoms with Gasteiger partial charge >= 0.3 is 12.2 Å². The van der Waals surface area contributed by atoms with Crippen molar-refractivity contribution in [2.24, 2.45) is 11.3 Å². The average molecular weight is 805 g/mol. The number of methoxy groups -OCH3 is 2. The van der Waals surface area contributed by atoms with E-state index in [4.69, 9.17) is 19.4 Å². The van der Waals surface area contributed by atoms with E-state index in [0.29, 0.717) is 24.7 Å². The first-order chi connectivity index (χ1) is 28.2. The van der Waals surface area contributed by atoms with Crippen molar-refractivity contribution in [2.75, 3.05) is 27.3 Å². The van der Waals surface area contributed by atoms with Crippen molar-refractivity contribution in [3.8, 4) is 33.8 Å². The number of amides is 4. The zero-order valence-electron chi connectivity index (χ0n) is 34.5. The summed E-state index contributed by atoms with van der Waals surface area (Å²) in [5.74, 6) is 0.960. The number of hydrogen-bond donors (Lipinski definition) is 4. The number of H-pyrrole nitrogens is 2. The lowest BCUT2D eigenvalue weighted by Crippen LogP contribution is -2.54. The molecule has 5 aromatic rings. The molecule has 4 amide bonds. The molecule has 16 nitrogen and oxygen atoms in total. The van der Waals surface area contributed by atoms with Gasteiger partial charge in [0.15, 0.2) is 0 Å². The normalized spacial score (nSPS) is 17.9. The summed E-state index contributed by atoms with van der Waals surface area (Å²) in [6.07, 6.45) is 7.22. The van der Waals surface area contributed by atoms with Crippen LogP contribution in [-0.4, -0.2) is 103 Å². The molecule has 0 radical (unpaired) electrons. The zero-order chi connectivity index (χ0) is 42.0. The molecule has 2 fully saturated rings. The Bertz CT molecular complexity index is 2330. The maximum Gasteiger partial charge on any atom is 0.407 e. The lowest BCUT2D eigenvalue weighted by atomic mass is 9.85. The summed E-state index contributed by atoms with van der Waals surface area (Å²) in [7, 11) is 2.57. The summed E-state index contributed by atoms with van der Waals surface area (Å²) < 4.78 is 9.56. The Morgan fingerprint density at radius 2 is 1.25 bits per heavy atom. The molecular formula is C43H52N10O6. The number of rotatable bonds is 10. The molecule has 0 spiro atoms. The fourth-order valence-corrected chi connectivity index (χ4v) is 7.94. The van der Waals surface area contributed by atoms with Gasteiger partial charge in [-0.2, -0.15) is 0 Å². The van der Waals surface area contributed by atoms with Gasteiger partial charge in [0.05, 0.1) is 73.0 Å². The van der Waals surface area contributed by atoms with Gasteiger partial charge in [-0.15, -0.1) is 0 Å². The smallest absolute Gasteiger partial charge is 0.407 e. The molecule has 4 atom stereocenters. The Labute approximate surface area is 342 Å². The minimum Gasteiger partial charge on any atom is -0.453 e. The summed E-state index contributed by atoms with van der Waals surface area (Å²) >= 11 is 0. The van der Waals surface area contributed by atoms with Crippen molar-refractivity contribution in [3.05, 3.63) is 72.7 Å². The first-order valence-corrected chi connectivity index (χ1v) is 20.0. The first kappa shape index (κ1) is 40.9. The zero-order valence-corrected chi connectivity index (χ0v) is 34.5. The highest BCUT2D eigenvalue weighted by Gasteiger charge is 2.41. The van der Waals surface area contributed by atoms with E-state index in [2.05, 4.69) is 30.6 Å². The van der Waals surface area contributed by atoms with Crippen molar-refractivity contribution in [1.82, 2.24) is 50.3 Å². The summed E-state index contributed by atoms with van der Waals surface area (Å²) in [5, 5.41) is 5.42. The third kappa shape index (κ3) is 8.61. The standard InChI is InChI=1S/C43H52N10O6/c1-24(2)35(50-41(56)58-6)39(54)52-18-8-10-33(52)37-45-22-31(48-37)26-14-12-25(13-15-26)30-21-44-29-20-27(16-17-28(29)47-30)32-23-46-38(49-32)34-11-9-19-53(34)40(55)36(43(3,4)5)51-42(57)59-7/h12-17,20-24,33-36H,8-11,18-19H2,1-7H3,(H,45,48)(H,46,49)(H,50,56)(H,51,57)/t33-,34-,35-,36+/m0/s1. The molecule has 310 valence electrons. The Morgan fingerprint density at radius 1 is 0.712 bits per heavy atom. The largest absolute Gasteiger partial charge is 0.453 e. The maximum atomic E-state index is 13.8. The number of benzene rings is 2. The topological polar surface area (TPSA) is 200 Å². The first-order valence-electron chi connectivity index (χ1n) is 20.0. The lowest BCUT2D eigenvalue weighted by molar-refractivity contribution is -0.137. The predicted octanol–water partition coefficient (Wildman–Crippen LogP) is 6.56. The Balaban J connectivity index is 1.03. The van der Waals surface area contributed by atoms with Crippen LogP contribution in [0.4, 0.5) is 9.59 Å². The number of imidazole rings is 2. The molecule has 0 bridgehead atoms. The van der Waals surface area contributed by atoms with Gasteiger partial charge in [-0.3, -0.25) is 14.6 Å². The van der Waals surface area contributed by atoms with Gasteiger partial charge in [0.25, 0.3) is 0 Å². The molecule has 5 heterocycles. The quantitative estimate of drug-likeness (QED) is 0.120. The second-order valence-electron chi connectivity index (χ2n) is 16.6. The van der Waals surface area contributed by atoms with Crippen LogP contribution in [0.15, 0.2) is 61.1 Å². The number of ether oxygens (including phenoxy) is 2. The van der Waals surface area contributed by atoms with Gasteiger partial charge in [0.2, 0.25) is 11.8 Å². The highest BCUT2D eigenvalue weighted by Crippen LogP contribution is 2.36. The molecule has 16 heteroatoms. The van der Waals surface area contributed by atoms with E-state index in [0.717, 1.165) is 70.5 Å². The fourth-order valence-electron chi connectivity index (χ4n) is 7.94. The Morgan fingerprint density at radius 3 is 1.83 bits per heavy atom. The summed E-state index contributed by atoms with van der Waals surface area (Å²) in [5.41, 5.74) is 6.03. The number of aromatic nitrogens is 6. The van der Waals surface area contributed by atoms with Crippen LogP contribution in [0.5, 0.6) is 0 Å². The second kappa shape index (κ2) is 16.9. The number of likely N-dealkylation sites (tertiary alicyclic amines) is 2. The monoisotopic (exact) mass is 804 g/mol. The van der Waals surface area contributed by atoms with Crippen LogP contribution in [0.1, 0.15) is 84.0 Å². The highest BCUT2D eigenvalue weighted by atomic mass is 16.5. The molecule has 7 rings (SSSR count). The number of nitrogens with zero attached hydrogens (tertiary/aromatic N) is 6. The van der Waals surface area contributed by atoms with Crippen molar-refractivity contribution in [1.29, 1.82) is 0 Å². The third-order valence-corrected chi connectivity index (χ3v) is 11.2. The van der Waals surface area contributed by atoms with Crippen molar-refractivity contribution >= 4 is 35.0 Å². The van der Waals surface area contributed by atoms with Crippen molar-refractivity contribution < 1.29 is 28.7 Å². The van der Waals surface area contributed by atoms with E-state index in [1.165, 1.54) is 14.2 Å². The van der Waals surface area contributed by atoms with Crippen LogP contribution < -0.4 is 10.6 Å². The van der Waals surface area contributed by atoms with Gasteiger partial charge in [0, 0.05) is 24.2 Å². The molecule has 59 heavy (non-hydrogen) atoms. The minimum absolute atomic E-state index is 0.114. The Kier molecular flexibility index (Phi) is 11.7. The molecule has 0 unspecified atom stereocenters. The average Bonchev–Trinajstić information content (AvgIpc) is 4.07. The fraction of sp³-hybridized carbons (Fsp3) is 0.442. The summed E-state index contributed by atoms with van der Waals surface area (Å²) in [6.45, 7) is 10.7. The molecule has 0 saturated carbocycles. The van der Waals surface area contributed by atoms with Crippen LogP contribution in [0.3, 0.4) is 0 Å². The van der Waals surface area contributed by atoms with E-state index in [-0.39, 0.29) is 29.8 Å². The SMILES string of the molecule is COC(=O)N[C@H](C(=O)N1CCC[C@H]1c1ncc(-c2ccc(-c3cnc4cc(-c5cnc([C@@H]6CCCN6C(=O)[C@@H](NC(=O)OC)C(C)(C)C)[nH]5)ccc4n3)cc2)[nH]1)C(C)C. The van der Waals surface area contributed by atoms with Crippen LogP contribution in [0, 0.1) is 11.3 Å². The van der Waals surface area contributed by atoms with Gasteiger partial charge < -0.3 is 39.9 Å². The Hall–Kier alpha value is -6.32. The number of alkyl carbamates (subject to hydrolysis) is 2. The van der Waals surface area contributed by atoms with Crippen molar-refractivity contribution in [2.45, 2.75) is 84.5 Å². The third-order valence-electron chi connectivity index (χ3n) is 11.2. The van der Waals surface area contributed by atoms with E-state index >= 15 is 0 Å². The van der Waals surface area contributed by atoms with E-state index in [9.17, 15) is 19.2 Å². The second-order valence-corrected chi connectivity index (χ2v) is 16.6. The molecule has 2 saturated heterocycles. The molecule has 2 aliphatic rings. The van der Waals surface area contributed by atoms with Crippen LogP contribution >= 0.6 is 0 Å². The highest BCUT2D eigenvalue weighted by molar-refractivity contribution is 5.88. The molecule has 3 aromatic heterocycles. The van der Waals surface area contributed by atoms with Gasteiger partial charge in [-0.1, -0.05) is 65.0 Å². The molecule has 4 N–H and O–H groups in total. The molecule has 0 aliphatic carbocycles. The van der Waals surface area contributed by atoms with Crippen molar-refractivity contribution in [3.63, 3.8) is 0 Å². The number of fused-ring (bicyclic) bond motifs is 1. The number of nitrogens with one attached hydrogen (secondary N) is 4. The van der Waals surface area contributed by atoms with E-state index < -0.39 is 29.7 Å². The summed E-state index contributed by atoms with van der Waals surface area (Å²) in [6, 6.07) is 11.9. The number of carbonyl (C=O) groups excluding carboxylic acids is 4. The number of hydrogen-bond acceptors (Lipinski definition) is 10. The van der Waals surface area contributed by atoms with Gasteiger partial charge in [0.1, 0.15) is 23.7 Å². The summed E-state index contributed by atoms with van der Waals surface area (Å²) in [4.78, 5) is 80.9. The molecular weight excluding hydrogens is 753 g/mol. The maximum absolute atomic E-state index is 13.8. The van der Waals surface area contributed by atoms with E-state index in [1.54, 1.807) is 28.4 Å². The molecule has 2 aromatic carbocycles. The molecule has 2 aliphatic heterocycles. The van der Waals surface area contributed by atoms with Crippen LogP contribution in [0.25, 0.3) is 44.8 Å². The van der Waals surface area contributed by atoms with Crippen LogP contribution in [-0.2, 0) is 19.1 Å². The lowest BCUT2D eigenvalue weighted by Gasteiger charge is -2.35. The minimum atomic E-state index is -0.756. The van der Waals surface area contributed by atoms with Gasteiger partial charge in [-0.05, 0) is 54.7 Å². The van der Waals surface area contributed by atoms with E-state index in [1.807, 2.05) is 77.1 Å². The van der Waals surface area contributed by atoms with Crippen LogP contribution in [0.2, 0.25) is 0 Å². The number of carbonyl (C=O) groups is 4.